The minimum atomic E-state index is -5.87. The summed E-state index contributed by atoms with van der Waals surface area (Å²) >= 11 is 0. The maximum atomic E-state index is 13.6. The zero-order valence-electron chi connectivity index (χ0n) is 18.1. The summed E-state index contributed by atoms with van der Waals surface area (Å²) in [6.07, 6.45) is -28.6. The molecule has 0 aliphatic carbocycles. The first-order valence-electron chi connectivity index (χ1n) is 9.62. The van der Waals surface area contributed by atoms with Gasteiger partial charge in [-0.05, 0) is 24.3 Å². The van der Waals surface area contributed by atoms with Gasteiger partial charge in [0.05, 0.1) is 5.69 Å². The van der Waals surface area contributed by atoms with Gasteiger partial charge in [-0.1, -0.05) is 0 Å². The van der Waals surface area contributed by atoms with Crippen LogP contribution in [0.4, 0.5) is 65.9 Å². The van der Waals surface area contributed by atoms with E-state index in [1.54, 1.807) is 0 Å². The molecular formula is C19H5F15N4O2. The standard InChI is InChI=1S/C19H5F15N4O2/c20-15(21,22)7-1-5(2-8(35-7)16(23,24)25)12(39)11-13(19(32,33)34)37-38(14(11)40)6-3-9(17(26,27)28)36-10(4-6)18(29,30)31/h1-4,37H. The molecule has 0 unspecified atom stereocenters. The monoisotopic (exact) mass is 606 g/mol. The van der Waals surface area contributed by atoms with Crippen molar-refractivity contribution in [2.75, 3.05) is 0 Å². The normalized spacial score (nSPS) is 13.6. The number of hydrogen-bond acceptors (Lipinski definition) is 4. The van der Waals surface area contributed by atoms with Gasteiger partial charge in [-0.15, -0.1) is 0 Å². The minimum Gasteiger partial charge on any atom is -0.288 e. The third kappa shape index (κ3) is 6.06. The van der Waals surface area contributed by atoms with Crippen molar-refractivity contribution < 1.29 is 70.7 Å². The summed E-state index contributed by atoms with van der Waals surface area (Å²) in [6, 6.07) is -1.55. The van der Waals surface area contributed by atoms with Crippen LogP contribution in [0.25, 0.3) is 5.69 Å². The molecule has 3 heterocycles. The topological polar surface area (TPSA) is 80.6 Å². The fraction of sp³-hybridized carbons (Fsp3) is 0.263. The summed E-state index contributed by atoms with van der Waals surface area (Å²) in [7, 11) is 0. The van der Waals surface area contributed by atoms with E-state index in [9.17, 15) is 75.4 Å². The van der Waals surface area contributed by atoms with E-state index in [2.05, 4.69) is 9.97 Å². The number of aromatic nitrogens is 4. The lowest BCUT2D eigenvalue weighted by Crippen LogP contribution is -2.24. The number of aromatic amines is 1. The second-order valence-electron chi connectivity index (χ2n) is 7.54. The van der Waals surface area contributed by atoms with Crippen molar-refractivity contribution in [2.45, 2.75) is 30.9 Å². The molecule has 0 aliphatic heterocycles. The molecule has 0 bridgehead atoms. The Hall–Kier alpha value is -4.07. The lowest BCUT2D eigenvalue weighted by molar-refractivity contribution is -0.151. The van der Waals surface area contributed by atoms with Gasteiger partial charge in [-0.2, -0.15) is 65.9 Å². The summed E-state index contributed by atoms with van der Waals surface area (Å²) in [4.78, 5) is 29.9. The van der Waals surface area contributed by atoms with Gasteiger partial charge in [0.2, 0.25) is 5.78 Å². The Kier molecular flexibility index (Phi) is 7.05. The quantitative estimate of drug-likeness (QED) is 0.281. The van der Waals surface area contributed by atoms with Crippen LogP contribution in [-0.2, 0) is 30.9 Å². The first kappa shape index (κ1) is 30.5. The van der Waals surface area contributed by atoms with Crippen molar-refractivity contribution >= 4 is 5.78 Å². The predicted octanol–water partition coefficient (Wildman–Crippen LogP) is 6.28. The second kappa shape index (κ2) is 9.25. The number of rotatable bonds is 3. The van der Waals surface area contributed by atoms with E-state index in [-0.39, 0.29) is 12.1 Å². The highest BCUT2D eigenvalue weighted by atomic mass is 19.4. The third-order valence-electron chi connectivity index (χ3n) is 4.72. The summed E-state index contributed by atoms with van der Waals surface area (Å²) in [5.74, 6) is -2.45. The molecule has 40 heavy (non-hydrogen) atoms. The fourth-order valence-electron chi connectivity index (χ4n) is 3.07. The van der Waals surface area contributed by atoms with Gasteiger partial charge in [0.15, 0.2) is 5.69 Å². The third-order valence-corrected chi connectivity index (χ3v) is 4.72. The average Bonchev–Trinajstić information content (AvgIpc) is 3.13. The van der Waals surface area contributed by atoms with Crippen LogP contribution in [0.3, 0.4) is 0 Å². The molecule has 3 aromatic rings. The Morgan fingerprint density at radius 1 is 0.600 bits per heavy atom. The maximum Gasteiger partial charge on any atom is 0.433 e. The number of hydrogen-bond donors (Lipinski definition) is 1. The van der Waals surface area contributed by atoms with Crippen molar-refractivity contribution in [3.63, 3.8) is 0 Å². The minimum absolute atomic E-state index is 0.336. The molecule has 0 saturated heterocycles. The van der Waals surface area contributed by atoms with Gasteiger partial charge < -0.3 is 0 Å². The Morgan fingerprint density at radius 3 is 1.27 bits per heavy atom. The molecule has 0 aliphatic rings. The van der Waals surface area contributed by atoms with Crippen LogP contribution < -0.4 is 5.56 Å². The van der Waals surface area contributed by atoms with E-state index in [1.165, 1.54) is 0 Å². The van der Waals surface area contributed by atoms with Crippen LogP contribution in [0.2, 0.25) is 0 Å². The van der Waals surface area contributed by atoms with Crippen molar-refractivity contribution in [1.82, 2.24) is 19.7 Å². The van der Waals surface area contributed by atoms with Crippen LogP contribution in [0, 0.1) is 0 Å². The van der Waals surface area contributed by atoms with Gasteiger partial charge in [0, 0.05) is 5.56 Å². The summed E-state index contributed by atoms with van der Waals surface area (Å²) < 4.78 is 197. The number of nitrogens with one attached hydrogen (secondary N) is 1. The summed E-state index contributed by atoms with van der Waals surface area (Å²) in [6.45, 7) is 0. The van der Waals surface area contributed by atoms with Crippen molar-refractivity contribution in [3.05, 3.63) is 74.2 Å². The Morgan fingerprint density at radius 2 is 0.950 bits per heavy atom. The predicted molar refractivity (Wildman–Crippen MR) is 96.9 cm³/mol. The highest BCUT2D eigenvalue weighted by molar-refractivity contribution is 6.09. The highest BCUT2D eigenvalue weighted by Crippen LogP contribution is 2.37. The number of carbonyl (C=O) groups is 1. The number of alkyl halides is 15. The number of ketones is 1. The molecule has 0 radical (unpaired) electrons. The molecule has 0 aromatic carbocycles. The lowest BCUT2D eigenvalue weighted by atomic mass is 10.0. The Labute approximate surface area is 208 Å². The lowest BCUT2D eigenvalue weighted by Gasteiger charge is -2.13. The molecule has 0 saturated carbocycles. The first-order chi connectivity index (χ1) is 17.8. The molecule has 21 heteroatoms. The van der Waals surface area contributed by atoms with Crippen molar-refractivity contribution in [3.8, 4) is 5.69 Å². The van der Waals surface area contributed by atoms with Gasteiger partial charge in [0.25, 0.3) is 5.56 Å². The van der Waals surface area contributed by atoms with Crippen LogP contribution in [-0.4, -0.2) is 25.5 Å². The fourth-order valence-corrected chi connectivity index (χ4v) is 3.07. The average molecular weight is 606 g/mol. The van der Waals surface area contributed by atoms with E-state index >= 15 is 0 Å². The van der Waals surface area contributed by atoms with E-state index < -0.39 is 104 Å². The zero-order valence-corrected chi connectivity index (χ0v) is 18.1. The molecule has 3 aromatic heterocycles. The summed E-state index contributed by atoms with van der Waals surface area (Å²) in [5.41, 5.74) is -20.1. The SMILES string of the molecule is O=C(c1cc(C(F)(F)F)nc(C(F)(F)F)c1)c1c(C(F)(F)F)[nH]n(-c2cc(C(F)(F)F)nc(C(F)(F)F)c2)c1=O. The molecule has 0 spiro atoms. The molecule has 3 rings (SSSR count). The van der Waals surface area contributed by atoms with E-state index in [1.807, 2.05) is 0 Å². The highest BCUT2D eigenvalue weighted by Gasteiger charge is 2.44. The van der Waals surface area contributed by atoms with Gasteiger partial charge in [-0.3, -0.25) is 14.7 Å². The van der Waals surface area contributed by atoms with Gasteiger partial charge >= 0.3 is 30.9 Å². The van der Waals surface area contributed by atoms with Gasteiger partial charge in [-0.25, -0.2) is 14.6 Å². The maximum absolute atomic E-state index is 13.6. The number of nitrogens with zero attached hydrogens (tertiary/aromatic N) is 3. The number of halogens is 15. The van der Waals surface area contributed by atoms with E-state index in [4.69, 9.17) is 0 Å². The van der Waals surface area contributed by atoms with E-state index in [0.29, 0.717) is 0 Å². The molecule has 218 valence electrons. The smallest absolute Gasteiger partial charge is 0.288 e. The number of pyridine rings is 2. The number of H-pyrrole nitrogens is 1. The van der Waals surface area contributed by atoms with Crippen LogP contribution in [0.1, 0.15) is 44.4 Å². The van der Waals surface area contributed by atoms with Crippen LogP contribution in [0.15, 0.2) is 29.1 Å². The molecule has 1 N–H and O–H groups in total. The number of carbonyl (C=O) groups excluding carboxylic acids is 1. The van der Waals surface area contributed by atoms with Crippen molar-refractivity contribution in [2.24, 2.45) is 0 Å². The van der Waals surface area contributed by atoms with Crippen molar-refractivity contribution in [1.29, 1.82) is 0 Å². The molecule has 0 amide bonds. The van der Waals surface area contributed by atoms with Gasteiger partial charge in [0.1, 0.15) is 28.3 Å². The second-order valence-corrected chi connectivity index (χ2v) is 7.54. The van der Waals surface area contributed by atoms with Crippen LogP contribution >= 0.6 is 0 Å². The largest absolute Gasteiger partial charge is 0.433 e. The molecule has 0 atom stereocenters. The zero-order chi connectivity index (χ0) is 30.8. The molecular weight excluding hydrogens is 601 g/mol. The molecule has 6 nitrogen and oxygen atoms in total. The Bertz CT molecular complexity index is 1450. The molecule has 0 fully saturated rings. The van der Waals surface area contributed by atoms with Crippen LogP contribution in [0.5, 0.6) is 0 Å². The van der Waals surface area contributed by atoms with E-state index in [0.717, 1.165) is 5.10 Å². The summed E-state index contributed by atoms with van der Waals surface area (Å²) in [5, 5.41) is 1.04. The first-order valence-corrected chi connectivity index (χ1v) is 9.62. The Balaban J connectivity index is 2.37.